The number of amides is 1. The van der Waals surface area contributed by atoms with Gasteiger partial charge in [-0.1, -0.05) is 23.5 Å². The van der Waals surface area contributed by atoms with Crippen molar-refractivity contribution in [3.05, 3.63) is 34.8 Å². The van der Waals surface area contributed by atoms with E-state index in [4.69, 9.17) is 4.42 Å². The molecule has 1 fully saturated rings. The number of carbonyl (C=O) groups excluding carboxylic acids is 1. The zero-order valence-corrected chi connectivity index (χ0v) is 15.2. The van der Waals surface area contributed by atoms with Crippen LogP contribution in [0.4, 0.5) is 10.3 Å². The highest BCUT2D eigenvalue weighted by molar-refractivity contribution is 7.19. The average molecular weight is 373 g/mol. The molecule has 1 atom stereocenters. The van der Waals surface area contributed by atoms with Crippen LogP contribution in [0.2, 0.25) is 0 Å². The summed E-state index contributed by atoms with van der Waals surface area (Å²) < 4.78 is 6.45. The molecule has 0 bridgehead atoms. The van der Waals surface area contributed by atoms with Crippen LogP contribution in [0.15, 0.2) is 33.5 Å². The van der Waals surface area contributed by atoms with Crippen LogP contribution < -0.4 is 16.0 Å². The Morgan fingerprint density at radius 1 is 1.35 bits per heavy atom. The molecular formula is C17H19N5O3S. The summed E-state index contributed by atoms with van der Waals surface area (Å²) in [5, 5.41) is 12.2. The van der Waals surface area contributed by atoms with E-state index in [1.54, 1.807) is 24.3 Å². The summed E-state index contributed by atoms with van der Waals surface area (Å²) in [6.45, 7) is 3.00. The summed E-state index contributed by atoms with van der Waals surface area (Å²) in [4.78, 5) is 26.5. The molecule has 0 aliphatic carbocycles. The lowest BCUT2D eigenvalue weighted by Crippen LogP contribution is -2.37. The number of hydrogen-bond acceptors (Lipinski definition) is 7. The second-order valence-electron chi connectivity index (χ2n) is 6.40. The predicted molar refractivity (Wildman–Crippen MR) is 99.7 cm³/mol. The topological polar surface area (TPSA) is 93.3 Å². The fourth-order valence-electron chi connectivity index (χ4n) is 3.23. The fourth-order valence-corrected chi connectivity index (χ4v) is 4.12. The number of benzene rings is 1. The molecule has 1 N–H and O–H groups in total. The number of nitrogens with zero attached hydrogens (tertiary/aromatic N) is 4. The highest BCUT2D eigenvalue weighted by Gasteiger charge is 2.22. The Labute approximate surface area is 153 Å². The van der Waals surface area contributed by atoms with Gasteiger partial charge >= 0.3 is 5.76 Å². The highest BCUT2D eigenvalue weighted by Crippen LogP contribution is 2.29. The van der Waals surface area contributed by atoms with E-state index in [0.29, 0.717) is 22.3 Å². The van der Waals surface area contributed by atoms with Gasteiger partial charge in [0, 0.05) is 12.6 Å². The number of fused-ring (bicyclic) bond motifs is 1. The molecule has 1 amide bonds. The van der Waals surface area contributed by atoms with Crippen LogP contribution in [0.25, 0.3) is 11.1 Å². The Kier molecular flexibility index (Phi) is 4.46. The lowest BCUT2D eigenvalue weighted by atomic mass is 10.1. The van der Waals surface area contributed by atoms with Gasteiger partial charge in [-0.25, -0.2) is 4.79 Å². The second-order valence-corrected chi connectivity index (χ2v) is 7.35. The molecule has 1 unspecified atom stereocenters. The molecule has 9 heteroatoms. The standard InChI is InChI=1S/C17H19N5O3S/c1-11-6-4-5-9-21(11)16-20-19-15(26-16)18-14(23)10-22-12-7-2-3-8-13(12)25-17(22)24/h2-3,7-8,11H,4-6,9-10H2,1H3,(H,18,19,23). The Morgan fingerprint density at radius 2 is 2.19 bits per heavy atom. The molecular weight excluding hydrogens is 354 g/mol. The van der Waals surface area contributed by atoms with Gasteiger partial charge in [-0.3, -0.25) is 14.7 Å². The van der Waals surface area contributed by atoms with Crippen LogP contribution in [-0.4, -0.2) is 33.3 Å². The van der Waals surface area contributed by atoms with Crippen molar-refractivity contribution in [3.8, 4) is 0 Å². The van der Waals surface area contributed by atoms with Gasteiger partial charge in [-0.15, -0.1) is 10.2 Å². The molecule has 0 spiro atoms. The van der Waals surface area contributed by atoms with Crippen molar-refractivity contribution in [1.29, 1.82) is 0 Å². The molecule has 0 saturated carbocycles. The number of hydrogen-bond donors (Lipinski definition) is 1. The molecule has 2 aromatic heterocycles. The maximum absolute atomic E-state index is 12.3. The Morgan fingerprint density at radius 3 is 3.04 bits per heavy atom. The SMILES string of the molecule is CC1CCCCN1c1nnc(NC(=O)Cn2c(=O)oc3ccccc32)s1. The quantitative estimate of drug-likeness (QED) is 0.755. The Balaban J connectivity index is 1.47. The first-order valence-corrected chi connectivity index (χ1v) is 9.42. The lowest BCUT2D eigenvalue weighted by Gasteiger charge is -2.32. The van der Waals surface area contributed by atoms with Crippen LogP contribution in [0.1, 0.15) is 26.2 Å². The van der Waals surface area contributed by atoms with E-state index in [0.717, 1.165) is 24.5 Å². The molecule has 3 heterocycles. The molecule has 0 radical (unpaired) electrons. The number of nitrogens with one attached hydrogen (secondary N) is 1. The van der Waals surface area contributed by atoms with Gasteiger partial charge in [0.05, 0.1) is 5.52 Å². The van der Waals surface area contributed by atoms with Crippen molar-refractivity contribution in [2.75, 3.05) is 16.8 Å². The number of piperidine rings is 1. The Hall–Kier alpha value is -2.68. The molecule has 1 aromatic carbocycles. The third-order valence-electron chi connectivity index (χ3n) is 4.58. The van der Waals surface area contributed by atoms with Crippen molar-refractivity contribution < 1.29 is 9.21 Å². The first-order valence-electron chi connectivity index (χ1n) is 8.60. The van der Waals surface area contributed by atoms with Gasteiger partial charge in [0.2, 0.25) is 16.2 Å². The number of aromatic nitrogens is 3. The number of para-hydroxylation sites is 2. The van der Waals surface area contributed by atoms with Crippen molar-refractivity contribution >= 4 is 38.6 Å². The normalized spacial score (nSPS) is 17.6. The van der Waals surface area contributed by atoms with Gasteiger partial charge in [0.1, 0.15) is 6.54 Å². The zero-order valence-electron chi connectivity index (χ0n) is 14.3. The van der Waals surface area contributed by atoms with Crippen molar-refractivity contribution in [2.24, 2.45) is 0 Å². The molecule has 26 heavy (non-hydrogen) atoms. The fraction of sp³-hybridized carbons (Fsp3) is 0.412. The van der Waals surface area contributed by atoms with Crippen molar-refractivity contribution in [3.63, 3.8) is 0 Å². The second kappa shape index (κ2) is 6.91. The summed E-state index contributed by atoms with van der Waals surface area (Å²) in [5.74, 6) is -0.894. The van der Waals surface area contributed by atoms with Crippen LogP contribution in [-0.2, 0) is 11.3 Å². The van der Waals surface area contributed by atoms with E-state index < -0.39 is 5.76 Å². The minimum atomic E-state index is -0.554. The predicted octanol–water partition coefficient (Wildman–Crippen LogP) is 2.46. The van der Waals surface area contributed by atoms with Crippen LogP contribution in [0.3, 0.4) is 0 Å². The molecule has 1 saturated heterocycles. The molecule has 1 aliphatic rings. The van der Waals surface area contributed by atoms with Gasteiger partial charge < -0.3 is 9.32 Å². The Bertz CT molecular complexity index is 992. The van der Waals surface area contributed by atoms with Crippen molar-refractivity contribution in [1.82, 2.24) is 14.8 Å². The van der Waals surface area contributed by atoms with Crippen LogP contribution in [0, 0.1) is 0 Å². The molecule has 8 nitrogen and oxygen atoms in total. The minimum absolute atomic E-state index is 0.134. The number of oxazole rings is 1. The van der Waals surface area contributed by atoms with Crippen LogP contribution in [0.5, 0.6) is 0 Å². The molecule has 3 aromatic rings. The molecule has 1 aliphatic heterocycles. The summed E-state index contributed by atoms with van der Waals surface area (Å²) in [6, 6.07) is 7.44. The summed E-state index contributed by atoms with van der Waals surface area (Å²) in [6.07, 6.45) is 3.51. The van der Waals surface area contributed by atoms with Crippen LogP contribution >= 0.6 is 11.3 Å². The lowest BCUT2D eigenvalue weighted by molar-refractivity contribution is -0.116. The zero-order chi connectivity index (χ0) is 18.1. The first kappa shape index (κ1) is 16.8. The van der Waals surface area contributed by atoms with E-state index in [9.17, 15) is 9.59 Å². The van der Waals surface area contributed by atoms with Gasteiger partial charge in [0.25, 0.3) is 0 Å². The smallest absolute Gasteiger partial charge is 0.408 e. The van der Waals surface area contributed by atoms with E-state index in [2.05, 4.69) is 27.3 Å². The van der Waals surface area contributed by atoms with Gasteiger partial charge in [0.15, 0.2) is 5.58 Å². The minimum Gasteiger partial charge on any atom is -0.408 e. The third kappa shape index (κ3) is 3.22. The van der Waals surface area contributed by atoms with E-state index in [1.165, 1.54) is 22.3 Å². The first-order chi connectivity index (χ1) is 12.6. The largest absolute Gasteiger partial charge is 0.420 e. The monoisotopic (exact) mass is 373 g/mol. The highest BCUT2D eigenvalue weighted by atomic mass is 32.1. The van der Waals surface area contributed by atoms with Crippen molar-refractivity contribution in [2.45, 2.75) is 38.8 Å². The maximum atomic E-state index is 12.3. The maximum Gasteiger partial charge on any atom is 0.420 e. The van der Waals surface area contributed by atoms with Gasteiger partial charge in [-0.05, 0) is 38.3 Å². The third-order valence-corrected chi connectivity index (χ3v) is 5.46. The number of anilines is 2. The summed E-state index contributed by atoms with van der Waals surface area (Å²) >= 11 is 1.35. The number of carbonyl (C=O) groups is 1. The van der Waals surface area contributed by atoms with E-state index in [1.807, 2.05) is 0 Å². The molecule has 4 rings (SSSR count). The summed E-state index contributed by atoms with van der Waals surface area (Å²) in [5.41, 5.74) is 1.05. The average Bonchev–Trinajstić information content (AvgIpc) is 3.20. The van der Waals surface area contributed by atoms with E-state index >= 15 is 0 Å². The number of rotatable bonds is 4. The van der Waals surface area contributed by atoms with E-state index in [-0.39, 0.29) is 12.5 Å². The molecule has 136 valence electrons. The summed E-state index contributed by atoms with van der Waals surface area (Å²) in [7, 11) is 0. The van der Waals surface area contributed by atoms with Gasteiger partial charge in [-0.2, -0.15) is 0 Å².